The first-order chi connectivity index (χ1) is 8.58. The van der Waals surface area contributed by atoms with Gasteiger partial charge in [-0.05, 0) is 18.2 Å². The predicted molar refractivity (Wildman–Crippen MR) is 68.8 cm³/mol. The van der Waals surface area contributed by atoms with Crippen LogP contribution in [0.25, 0.3) is 0 Å². The number of aliphatic hydroxyl groups excluding tert-OH is 1. The minimum absolute atomic E-state index is 0.144. The van der Waals surface area contributed by atoms with E-state index in [0.717, 1.165) is 6.08 Å². The van der Waals surface area contributed by atoms with Gasteiger partial charge in [0.1, 0.15) is 5.71 Å². The highest BCUT2D eigenvalue weighted by atomic mass is 35.5. The molecule has 0 saturated carbocycles. The first kappa shape index (κ1) is 12.9. The Morgan fingerprint density at radius 1 is 1.28 bits per heavy atom. The van der Waals surface area contributed by atoms with E-state index in [9.17, 15) is 9.90 Å². The summed E-state index contributed by atoms with van der Waals surface area (Å²) in [5, 5.41) is 14.1. The zero-order valence-corrected chi connectivity index (χ0v) is 10.4. The van der Waals surface area contributed by atoms with E-state index < -0.39 is 12.3 Å². The Morgan fingerprint density at radius 2 is 1.94 bits per heavy atom. The van der Waals surface area contributed by atoms with Crippen molar-refractivity contribution < 1.29 is 14.6 Å². The SMILES string of the molecule is O=C1C=C/C(=N/Nc2c(Cl)cccc2Cl)C(O)O1. The summed E-state index contributed by atoms with van der Waals surface area (Å²) in [5.74, 6) is -0.628. The molecule has 0 bridgehead atoms. The van der Waals surface area contributed by atoms with Crippen LogP contribution in [0.2, 0.25) is 10.0 Å². The molecule has 1 atom stereocenters. The number of halogens is 2. The Kier molecular flexibility index (Phi) is 3.86. The number of hydrogen-bond acceptors (Lipinski definition) is 5. The van der Waals surface area contributed by atoms with Gasteiger partial charge < -0.3 is 9.84 Å². The molecule has 1 unspecified atom stereocenters. The second-order valence-electron chi connectivity index (χ2n) is 3.37. The molecule has 0 spiro atoms. The number of nitrogens with one attached hydrogen (secondary N) is 1. The topological polar surface area (TPSA) is 70.9 Å². The largest absolute Gasteiger partial charge is 0.426 e. The second kappa shape index (κ2) is 5.39. The number of rotatable bonds is 2. The fourth-order valence-electron chi connectivity index (χ4n) is 1.26. The van der Waals surface area contributed by atoms with E-state index in [1.807, 2.05) is 0 Å². The summed E-state index contributed by atoms with van der Waals surface area (Å²) in [4.78, 5) is 10.8. The summed E-state index contributed by atoms with van der Waals surface area (Å²) in [6, 6.07) is 4.98. The Hall–Kier alpha value is -1.56. The highest BCUT2D eigenvalue weighted by molar-refractivity contribution is 6.39. The standard InChI is InChI=1S/C11H8Cl2N2O3/c12-6-2-1-3-7(13)10(6)15-14-8-4-5-9(16)18-11(8)17/h1-5,11,15,17H/b14-8-. The lowest BCUT2D eigenvalue weighted by atomic mass is 10.3. The number of carbonyl (C=O) groups excluding carboxylic acids is 1. The quantitative estimate of drug-likeness (QED) is 0.646. The van der Waals surface area contributed by atoms with Crippen molar-refractivity contribution in [3.05, 3.63) is 40.4 Å². The minimum Gasteiger partial charge on any atom is -0.426 e. The highest BCUT2D eigenvalue weighted by Crippen LogP contribution is 2.29. The van der Waals surface area contributed by atoms with E-state index in [4.69, 9.17) is 23.2 Å². The van der Waals surface area contributed by atoms with Crippen molar-refractivity contribution >= 4 is 40.6 Å². The molecule has 0 aromatic heterocycles. The van der Waals surface area contributed by atoms with Crippen molar-refractivity contribution in [1.29, 1.82) is 0 Å². The van der Waals surface area contributed by atoms with Crippen LogP contribution in [-0.2, 0) is 9.53 Å². The molecule has 94 valence electrons. The fourth-order valence-corrected chi connectivity index (χ4v) is 1.74. The maximum absolute atomic E-state index is 10.8. The number of hydrogen-bond donors (Lipinski definition) is 2. The number of anilines is 1. The molecule has 1 aliphatic heterocycles. The molecule has 1 heterocycles. The van der Waals surface area contributed by atoms with Gasteiger partial charge in [-0.1, -0.05) is 29.3 Å². The Bertz CT molecular complexity index is 523. The third-order valence-corrected chi connectivity index (χ3v) is 2.76. The number of ether oxygens (including phenoxy) is 1. The summed E-state index contributed by atoms with van der Waals surface area (Å²) in [6.07, 6.45) is 1.09. The summed E-state index contributed by atoms with van der Waals surface area (Å²) in [6.45, 7) is 0. The summed E-state index contributed by atoms with van der Waals surface area (Å²) >= 11 is 11.8. The third kappa shape index (κ3) is 2.81. The van der Waals surface area contributed by atoms with E-state index in [0.29, 0.717) is 15.7 Å². The van der Waals surface area contributed by atoms with Crippen LogP contribution in [0.4, 0.5) is 5.69 Å². The molecule has 0 aliphatic carbocycles. The van der Waals surface area contributed by atoms with Crippen molar-refractivity contribution in [1.82, 2.24) is 0 Å². The average Bonchev–Trinajstić information content (AvgIpc) is 2.31. The van der Waals surface area contributed by atoms with Crippen LogP contribution in [0.15, 0.2) is 35.5 Å². The molecule has 1 aromatic carbocycles. The lowest BCUT2D eigenvalue weighted by Gasteiger charge is -2.15. The molecular weight excluding hydrogens is 279 g/mol. The highest BCUT2D eigenvalue weighted by Gasteiger charge is 2.19. The van der Waals surface area contributed by atoms with E-state index in [1.165, 1.54) is 6.08 Å². The van der Waals surface area contributed by atoms with Gasteiger partial charge in [0, 0.05) is 6.08 Å². The van der Waals surface area contributed by atoms with E-state index >= 15 is 0 Å². The van der Waals surface area contributed by atoms with Crippen molar-refractivity contribution in [3.8, 4) is 0 Å². The molecule has 0 fully saturated rings. The van der Waals surface area contributed by atoms with Gasteiger partial charge in [-0.15, -0.1) is 0 Å². The smallest absolute Gasteiger partial charge is 0.333 e. The molecule has 2 rings (SSSR count). The normalized spacial score (nSPS) is 20.9. The zero-order chi connectivity index (χ0) is 13.1. The van der Waals surface area contributed by atoms with E-state index in [-0.39, 0.29) is 5.71 Å². The number of hydrazone groups is 1. The first-order valence-electron chi connectivity index (χ1n) is 4.92. The first-order valence-corrected chi connectivity index (χ1v) is 5.68. The van der Waals surface area contributed by atoms with Crippen LogP contribution in [0.5, 0.6) is 0 Å². The molecule has 2 N–H and O–H groups in total. The van der Waals surface area contributed by atoms with E-state index in [2.05, 4.69) is 15.3 Å². The summed E-state index contributed by atoms with van der Waals surface area (Å²) in [7, 11) is 0. The Balaban J connectivity index is 2.21. The number of para-hydroxylation sites is 1. The van der Waals surface area contributed by atoms with Gasteiger partial charge in [0.25, 0.3) is 0 Å². The molecule has 1 aromatic rings. The molecule has 7 heteroatoms. The Morgan fingerprint density at radius 3 is 2.56 bits per heavy atom. The summed E-state index contributed by atoms with van der Waals surface area (Å²) in [5.41, 5.74) is 3.17. The number of cyclic esters (lactones) is 1. The van der Waals surface area contributed by atoms with Crippen LogP contribution in [0.3, 0.4) is 0 Å². The summed E-state index contributed by atoms with van der Waals surface area (Å²) < 4.78 is 4.54. The van der Waals surface area contributed by atoms with Gasteiger partial charge in [0.15, 0.2) is 0 Å². The molecule has 0 amide bonds. The lowest BCUT2D eigenvalue weighted by Crippen LogP contribution is -2.29. The third-order valence-electron chi connectivity index (χ3n) is 2.13. The average molecular weight is 287 g/mol. The van der Waals surface area contributed by atoms with Crippen LogP contribution < -0.4 is 5.43 Å². The molecule has 18 heavy (non-hydrogen) atoms. The maximum Gasteiger partial charge on any atom is 0.333 e. The van der Waals surface area contributed by atoms with Crippen LogP contribution in [0, 0.1) is 0 Å². The zero-order valence-electron chi connectivity index (χ0n) is 8.93. The Labute approximate surface area is 113 Å². The van der Waals surface area contributed by atoms with Crippen molar-refractivity contribution in [2.45, 2.75) is 6.29 Å². The monoisotopic (exact) mass is 286 g/mol. The molecular formula is C11H8Cl2N2O3. The molecule has 0 saturated heterocycles. The maximum atomic E-state index is 10.8. The second-order valence-corrected chi connectivity index (χ2v) is 4.18. The van der Waals surface area contributed by atoms with E-state index in [1.54, 1.807) is 18.2 Å². The van der Waals surface area contributed by atoms with Crippen molar-refractivity contribution in [2.75, 3.05) is 5.43 Å². The number of benzene rings is 1. The fraction of sp³-hybridized carbons (Fsp3) is 0.0909. The van der Waals surface area contributed by atoms with Crippen molar-refractivity contribution in [3.63, 3.8) is 0 Å². The molecule has 0 radical (unpaired) electrons. The van der Waals surface area contributed by atoms with Gasteiger partial charge in [-0.2, -0.15) is 5.10 Å². The number of carbonyl (C=O) groups is 1. The van der Waals surface area contributed by atoms with Gasteiger partial charge in [0.2, 0.25) is 6.29 Å². The van der Waals surface area contributed by atoms with Crippen molar-refractivity contribution in [2.24, 2.45) is 5.10 Å². The lowest BCUT2D eigenvalue weighted by molar-refractivity contribution is -0.152. The number of esters is 1. The van der Waals surface area contributed by atoms with Gasteiger partial charge in [0.05, 0.1) is 15.7 Å². The van der Waals surface area contributed by atoms with Crippen LogP contribution in [0.1, 0.15) is 0 Å². The number of nitrogens with zero attached hydrogens (tertiary/aromatic N) is 1. The number of aliphatic hydroxyl groups is 1. The molecule has 5 nitrogen and oxygen atoms in total. The molecule has 1 aliphatic rings. The van der Waals surface area contributed by atoms with Gasteiger partial charge in [-0.3, -0.25) is 5.43 Å². The minimum atomic E-state index is -1.41. The van der Waals surface area contributed by atoms with Gasteiger partial charge >= 0.3 is 5.97 Å². The van der Waals surface area contributed by atoms with Crippen LogP contribution >= 0.6 is 23.2 Å². The van der Waals surface area contributed by atoms with Gasteiger partial charge in [-0.25, -0.2) is 4.79 Å². The predicted octanol–water partition coefficient (Wildman–Crippen LogP) is 2.19. The van der Waals surface area contributed by atoms with Crippen LogP contribution in [-0.4, -0.2) is 23.1 Å².